The minimum absolute atomic E-state index is 0.633. The SMILES string of the molecule is Cc1cc(NCCc2cccs2)n2ncnc2n1. The van der Waals surface area contributed by atoms with E-state index in [2.05, 4.69) is 37.9 Å². The Hall–Kier alpha value is -1.95. The average Bonchev–Trinajstić information content (AvgIpc) is 2.98. The van der Waals surface area contributed by atoms with Gasteiger partial charge in [-0.15, -0.1) is 11.3 Å². The van der Waals surface area contributed by atoms with Crippen LogP contribution in [0, 0.1) is 6.92 Å². The summed E-state index contributed by atoms with van der Waals surface area (Å²) in [7, 11) is 0. The van der Waals surface area contributed by atoms with Gasteiger partial charge in [0.15, 0.2) is 0 Å². The fourth-order valence-electron chi connectivity index (χ4n) is 1.83. The molecular formula is C12H13N5S. The predicted molar refractivity (Wildman–Crippen MR) is 72.0 cm³/mol. The monoisotopic (exact) mass is 259 g/mol. The number of nitrogens with zero attached hydrogens (tertiary/aromatic N) is 4. The summed E-state index contributed by atoms with van der Waals surface area (Å²) in [6.07, 6.45) is 2.53. The summed E-state index contributed by atoms with van der Waals surface area (Å²) in [5.41, 5.74) is 0.939. The number of thiophene rings is 1. The molecule has 0 aliphatic carbocycles. The maximum atomic E-state index is 4.31. The normalized spacial score (nSPS) is 10.9. The number of fused-ring (bicyclic) bond motifs is 1. The fourth-order valence-corrected chi connectivity index (χ4v) is 2.53. The molecule has 3 aromatic heterocycles. The van der Waals surface area contributed by atoms with E-state index >= 15 is 0 Å². The van der Waals surface area contributed by atoms with Crippen molar-refractivity contribution < 1.29 is 0 Å². The van der Waals surface area contributed by atoms with Gasteiger partial charge in [-0.1, -0.05) is 6.07 Å². The molecule has 5 nitrogen and oxygen atoms in total. The van der Waals surface area contributed by atoms with Gasteiger partial charge in [0.05, 0.1) is 0 Å². The van der Waals surface area contributed by atoms with E-state index in [9.17, 15) is 0 Å². The first kappa shape index (κ1) is 11.2. The summed E-state index contributed by atoms with van der Waals surface area (Å²) in [5, 5.41) is 9.64. The third-order valence-corrected chi connectivity index (χ3v) is 3.57. The van der Waals surface area contributed by atoms with E-state index in [0.29, 0.717) is 5.78 Å². The standard InChI is InChI=1S/C12H13N5S/c1-9-7-11(17-12(16-9)14-8-15-17)13-5-4-10-3-2-6-18-10/h2-3,6-8,13H,4-5H2,1H3. The fraction of sp³-hybridized carbons (Fsp3) is 0.250. The molecule has 0 fully saturated rings. The molecule has 3 heterocycles. The van der Waals surface area contributed by atoms with Crippen LogP contribution in [0.25, 0.3) is 5.78 Å². The minimum Gasteiger partial charge on any atom is -0.369 e. The van der Waals surface area contributed by atoms with Crippen LogP contribution in [0.15, 0.2) is 29.9 Å². The van der Waals surface area contributed by atoms with Crippen LogP contribution in [0.2, 0.25) is 0 Å². The number of hydrogen-bond acceptors (Lipinski definition) is 5. The molecule has 0 saturated carbocycles. The second kappa shape index (κ2) is 4.73. The van der Waals surface area contributed by atoms with E-state index in [1.165, 1.54) is 11.2 Å². The van der Waals surface area contributed by atoms with Crippen molar-refractivity contribution in [3.63, 3.8) is 0 Å². The van der Waals surface area contributed by atoms with E-state index in [0.717, 1.165) is 24.5 Å². The summed E-state index contributed by atoms with van der Waals surface area (Å²) >= 11 is 1.78. The van der Waals surface area contributed by atoms with Crippen molar-refractivity contribution in [2.75, 3.05) is 11.9 Å². The molecule has 6 heteroatoms. The Morgan fingerprint density at radius 3 is 3.22 bits per heavy atom. The highest BCUT2D eigenvalue weighted by Gasteiger charge is 2.04. The van der Waals surface area contributed by atoms with Gasteiger partial charge >= 0.3 is 0 Å². The highest BCUT2D eigenvalue weighted by molar-refractivity contribution is 7.09. The van der Waals surface area contributed by atoms with Crippen molar-refractivity contribution >= 4 is 22.9 Å². The van der Waals surface area contributed by atoms with Gasteiger partial charge < -0.3 is 5.32 Å². The summed E-state index contributed by atoms with van der Waals surface area (Å²) < 4.78 is 1.72. The highest BCUT2D eigenvalue weighted by Crippen LogP contribution is 2.12. The lowest BCUT2D eigenvalue weighted by atomic mass is 10.3. The maximum absolute atomic E-state index is 4.31. The molecular weight excluding hydrogens is 246 g/mol. The Balaban J connectivity index is 1.75. The van der Waals surface area contributed by atoms with E-state index in [1.807, 2.05) is 13.0 Å². The molecule has 3 rings (SSSR count). The molecule has 0 aliphatic rings. The first-order chi connectivity index (χ1) is 8.83. The van der Waals surface area contributed by atoms with Crippen molar-refractivity contribution in [1.82, 2.24) is 19.6 Å². The largest absolute Gasteiger partial charge is 0.369 e. The number of aryl methyl sites for hydroxylation is 1. The first-order valence-corrected chi connectivity index (χ1v) is 6.64. The van der Waals surface area contributed by atoms with Gasteiger partial charge in [0.2, 0.25) is 0 Å². The third kappa shape index (κ3) is 2.19. The lowest BCUT2D eigenvalue weighted by Gasteiger charge is -2.07. The number of aromatic nitrogens is 4. The van der Waals surface area contributed by atoms with Crippen molar-refractivity contribution in [2.24, 2.45) is 0 Å². The predicted octanol–water partition coefficient (Wildman–Crippen LogP) is 2.15. The lowest BCUT2D eigenvalue weighted by molar-refractivity contribution is 0.909. The second-order valence-electron chi connectivity index (χ2n) is 4.01. The Labute approximate surface area is 109 Å². The van der Waals surface area contributed by atoms with Gasteiger partial charge in [0.25, 0.3) is 5.78 Å². The second-order valence-corrected chi connectivity index (χ2v) is 5.04. The number of hydrogen-bond donors (Lipinski definition) is 1. The number of nitrogens with one attached hydrogen (secondary N) is 1. The summed E-state index contributed by atoms with van der Waals surface area (Å²) in [6, 6.07) is 6.21. The first-order valence-electron chi connectivity index (χ1n) is 5.76. The Kier molecular flexibility index (Phi) is 2.93. The Bertz CT molecular complexity index is 644. The van der Waals surface area contributed by atoms with Crippen LogP contribution >= 0.6 is 11.3 Å². The topological polar surface area (TPSA) is 55.1 Å². The zero-order valence-electron chi connectivity index (χ0n) is 10.00. The number of rotatable bonds is 4. The summed E-state index contributed by atoms with van der Waals surface area (Å²) in [5.74, 6) is 1.57. The van der Waals surface area contributed by atoms with E-state index in [1.54, 1.807) is 15.9 Å². The van der Waals surface area contributed by atoms with Gasteiger partial charge in [-0.3, -0.25) is 0 Å². The lowest BCUT2D eigenvalue weighted by Crippen LogP contribution is -2.09. The highest BCUT2D eigenvalue weighted by atomic mass is 32.1. The molecule has 0 bridgehead atoms. The molecule has 0 saturated heterocycles. The van der Waals surface area contributed by atoms with E-state index in [-0.39, 0.29) is 0 Å². The van der Waals surface area contributed by atoms with Gasteiger partial charge in [0.1, 0.15) is 12.1 Å². The molecule has 0 amide bonds. The molecule has 1 N–H and O–H groups in total. The van der Waals surface area contributed by atoms with Crippen LogP contribution in [0.5, 0.6) is 0 Å². The molecule has 92 valence electrons. The molecule has 0 spiro atoms. The quantitative estimate of drug-likeness (QED) is 0.780. The molecule has 0 aliphatic heterocycles. The van der Waals surface area contributed by atoms with Crippen LogP contribution in [0.4, 0.5) is 5.82 Å². The van der Waals surface area contributed by atoms with Crippen molar-refractivity contribution in [3.8, 4) is 0 Å². The zero-order chi connectivity index (χ0) is 12.4. The van der Waals surface area contributed by atoms with Gasteiger partial charge in [-0.2, -0.15) is 14.6 Å². The van der Waals surface area contributed by atoms with E-state index in [4.69, 9.17) is 0 Å². The maximum Gasteiger partial charge on any atom is 0.254 e. The Morgan fingerprint density at radius 2 is 2.39 bits per heavy atom. The van der Waals surface area contributed by atoms with Crippen molar-refractivity contribution in [1.29, 1.82) is 0 Å². The van der Waals surface area contributed by atoms with Crippen LogP contribution in [-0.2, 0) is 6.42 Å². The van der Waals surface area contributed by atoms with E-state index < -0.39 is 0 Å². The molecule has 0 unspecified atom stereocenters. The molecule has 0 atom stereocenters. The van der Waals surface area contributed by atoms with Crippen LogP contribution < -0.4 is 5.32 Å². The van der Waals surface area contributed by atoms with Gasteiger partial charge in [-0.05, 0) is 24.8 Å². The van der Waals surface area contributed by atoms with Crippen molar-refractivity contribution in [3.05, 3.63) is 40.5 Å². The minimum atomic E-state index is 0.633. The summed E-state index contributed by atoms with van der Waals surface area (Å²) in [4.78, 5) is 9.78. The average molecular weight is 259 g/mol. The van der Waals surface area contributed by atoms with Crippen LogP contribution in [0.1, 0.15) is 10.6 Å². The smallest absolute Gasteiger partial charge is 0.254 e. The molecule has 0 aromatic carbocycles. The molecule has 0 radical (unpaired) electrons. The van der Waals surface area contributed by atoms with Crippen molar-refractivity contribution in [2.45, 2.75) is 13.3 Å². The van der Waals surface area contributed by atoms with Crippen LogP contribution in [-0.4, -0.2) is 26.1 Å². The number of anilines is 1. The van der Waals surface area contributed by atoms with Gasteiger partial charge in [-0.25, -0.2) is 4.98 Å². The van der Waals surface area contributed by atoms with Crippen LogP contribution in [0.3, 0.4) is 0 Å². The zero-order valence-corrected chi connectivity index (χ0v) is 10.8. The third-order valence-electron chi connectivity index (χ3n) is 2.64. The summed E-state index contributed by atoms with van der Waals surface area (Å²) in [6.45, 7) is 2.83. The molecule has 3 aromatic rings. The molecule has 18 heavy (non-hydrogen) atoms. The van der Waals surface area contributed by atoms with Gasteiger partial charge in [0, 0.05) is 23.2 Å². The Morgan fingerprint density at radius 1 is 1.44 bits per heavy atom.